The summed E-state index contributed by atoms with van der Waals surface area (Å²) in [7, 11) is 0. The van der Waals surface area contributed by atoms with Crippen LogP contribution in [0.4, 0.5) is 0 Å². The Bertz CT molecular complexity index is 370. The Morgan fingerprint density at radius 1 is 1.44 bits per heavy atom. The van der Waals surface area contributed by atoms with E-state index in [0.29, 0.717) is 12.3 Å². The minimum Gasteiger partial charge on any atom is -0.350 e. The molecule has 86 valence electrons. The standard InChI is InChI=1S/C13H16BrNO/c1-9(11-4-6-12(14)7-5-11)15-13(16)8-10-2-3-10/h4-7,9-10H,2-3,8H2,1H3,(H,15,16). The Morgan fingerprint density at radius 2 is 2.06 bits per heavy atom. The van der Waals surface area contributed by atoms with Crippen molar-refractivity contribution in [1.82, 2.24) is 5.32 Å². The molecule has 3 heteroatoms. The lowest BCUT2D eigenvalue weighted by Crippen LogP contribution is -2.26. The van der Waals surface area contributed by atoms with Gasteiger partial charge in [0.25, 0.3) is 0 Å². The number of benzene rings is 1. The Labute approximate surface area is 105 Å². The summed E-state index contributed by atoms with van der Waals surface area (Å²) in [4.78, 5) is 11.6. The smallest absolute Gasteiger partial charge is 0.220 e. The van der Waals surface area contributed by atoms with Crippen LogP contribution in [-0.2, 0) is 4.79 Å². The van der Waals surface area contributed by atoms with Gasteiger partial charge in [0, 0.05) is 10.9 Å². The maximum atomic E-state index is 11.6. The molecule has 1 unspecified atom stereocenters. The molecule has 2 rings (SSSR count). The van der Waals surface area contributed by atoms with E-state index in [1.807, 2.05) is 31.2 Å². The summed E-state index contributed by atoms with van der Waals surface area (Å²) in [5, 5.41) is 3.03. The summed E-state index contributed by atoms with van der Waals surface area (Å²) in [5.41, 5.74) is 1.15. The average molecular weight is 282 g/mol. The predicted molar refractivity (Wildman–Crippen MR) is 68.0 cm³/mol. The van der Waals surface area contributed by atoms with Crippen LogP contribution in [0.3, 0.4) is 0 Å². The molecule has 16 heavy (non-hydrogen) atoms. The van der Waals surface area contributed by atoms with Gasteiger partial charge in [-0.15, -0.1) is 0 Å². The van der Waals surface area contributed by atoms with Gasteiger partial charge in [-0.2, -0.15) is 0 Å². The first kappa shape index (κ1) is 11.6. The first-order chi connectivity index (χ1) is 7.65. The van der Waals surface area contributed by atoms with Crippen molar-refractivity contribution in [3.05, 3.63) is 34.3 Å². The normalized spacial score (nSPS) is 16.9. The van der Waals surface area contributed by atoms with Gasteiger partial charge in [0.2, 0.25) is 5.91 Å². The van der Waals surface area contributed by atoms with Crippen LogP contribution in [0.5, 0.6) is 0 Å². The molecule has 1 N–H and O–H groups in total. The summed E-state index contributed by atoms with van der Waals surface area (Å²) >= 11 is 3.40. The molecule has 1 fully saturated rings. The Kier molecular flexibility index (Phi) is 3.64. The summed E-state index contributed by atoms with van der Waals surface area (Å²) < 4.78 is 1.06. The summed E-state index contributed by atoms with van der Waals surface area (Å²) in [6, 6.07) is 8.16. The van der Waals surface area contributed by atoms with E-state index in [-0.39, 0.29) is 11.9 Å². The van der Waals surface area contributed by atoms with Crippen LogP contribution in [-0.4, -0.2) is 5.91 Å². The van der Waals surface area contributed by atoms with Gasteiger partial charge in [-0.05, 0) is 43.4 Å². The van der Waals surface area contributed by atoms with Crippen LogP contribution in [0.15, 0.2) is 28.7 Å². The number of rotatable bonds is 4. The van der Waals surface area contributed by atoms with Crippen molar-refractivity contribution in [1.29, 1.82) is 0 Å². The van der Waals surface area contributed by atoms with Gasteiger partial charge in [-0.1, -0.05) is 28.1 Å². The van der Waals surface area contributed by atoms with Crippen molar-refractivity contribution in [3.8, 4) is 0 Å². The number of hydrogen-bond donors (Lipinski definition) is 1. The van der Waals surface area contributed by atoms with E-state index in [2.05, 4.69) is 21.2 Å². The molecule has 2 nitrogen and oxygen atoms in total. The molecule has 1 aromatic carbocycles. The van der Waals surface area contributed by atoms with Crippen LogP contribution in [0, 0.1) is 5.92 Å². The third-order valence-corrected chi connectivity index (χ3v) is 3.45. The summed E-state index contributed by atoms with van der Waals surface area (Å²) in [6.07, 6.45) is 3.14. The Morgan fingerprint density at radius 3 is 2.62 bits per heavy atom. The minimum atomic E-state index is 0.0966. The highest BCUT2D eigenvalue weighted by atomic mass is 79.9. The fourth-order valence-electron chi connectivity index (χ4n) is 1.72. The predicted octanol–water partition coefficient (Wildman–Crippen LogP) is 3.43. The molecule has 1 aliphatic carbocycles. The topological polar surface area (TPSA) is 29.1 Å². The van der Waals surface area contributed by atoms with Crippen molar-refractivity contribution in [2.75, 3.05) is 0 Å². The molecule has 1 saturated carbocycles. The zero-order valence-corrected chi connectivity index (χ0v) is 11.0. The fourth-order valence-corrected chi connectivity index (χ4v) is 1.98. The fraction of sp³-hybridized carbons (Fsp3) is 0.462. The molecule has 0 aliphatic heterocycles. The van der Waals surface area contributed by atoms with E-state index < -0.39 is 0 Å². The van der Waals surface area contributed by atoms with Gasteiger partial charge in [-0.3, -0.25) is 4.79 Å². The number of amides is 1. The molecule has 0 heterocycles. The van der Waals surface area contributed by atoms with Gasteiger partial charge in [0.15, 0.2) is 0 Å². The number of nitrogens with one attached hydrogen (secondary N) is 1. The maximum Gasteiger partial charge on any atom is 0.220 e. The number of carbonyl (C=O) groups excluding carboxylic acids is 1. The SMILES string of the molecule is CC(NC(=O)CC1CC1)c1ccc(Br)cc1. The van der Waals surface area contributed by atoms with E-state index in [9.17, 15) is 4.79 Å². The molecular weight excluding hydrogens is 266 g/mol. The molecule has 0 bridgehead atoms. The van der Waals surface area contributed by atoms with Crippen LogP contribution in [0.1, 0.15) is 37.8 Å². The van der Waals surface area contributed by atoms with Crippen molar-refractivity contribution >= 4 is 21.8 Å². The first-order valence-electron chi connectivity index (χ1n) is 5.70. The third-order valence-electron chi connectivity index (χ3n) is 2.92. The van der Waals surface area contributed by atoms with Crippen LogP contribution in [0.25, 0.3) is 0 Å². The molecule has 1 atom stereocenters. The summed E-state index contributed by atoms with van der Waals surface area (Å²) in [5.74, 6) is 0.829. The van der Waals surface area contributed by atoms with Gasteiger partial charge in [0.05, 0.1) is 6.04 Å². The quantitative estimate of drug-likeness (QED) is 0.900. The highest BCUT2D eigenvalue weighted by Gasteiger charge is 2.24. The lowest BCUT2D eigenvalue weighted by atomic mass is 10.1. The second-order valence-corrected chi connectivity index (χ2v) is 5.40. The minimum absolute atomic E-state index is 0.0966. The first-order valence-corrected chi connectivity index (χ1v) is 6.49. The monoisotopic (exact) mass is 281 g/mol. The largest absolute Gasteiger partial charge is 0.350 e. The van der Waals surface area contributed by atoms with Crippen molar-refractivity contribution < 1.29 is 4.79 Å². The van der Waals surface area contributed by atoms with Gasteiger partial charge in [-0.25, -0.2) is 0 Å². The highest BCUT2D eigenvalue weighted by Crippen LogP contribution is 2.32. The summed E-state index contributed by atoms with van der Waals surface area (Å²) in [6.45, 7) is 2.02. The van der Waals surface area contributed by atoms with E-state index in [4.69, 9.17) is 0 Å². The zero-order valence-electron chi connectivity index (χ0n) is 9.37. The maximum absolute atomic E-state index is 11.6. The van der Waals surface area contributed by atoms with E-state index in [0.717, 1.165) is 10.0 Å². The highest BCUT2D eigenvalue weighted by molar-refractivity contribution is 9.10. The molecule has 0 aromatic heterocycles. The number of halogens is 1. The van der Waals surface area contributed by atoms with Gasteiger partial charge < -0.3 is 5.32 Å². The van der Waals surface area contributed by atoms with Gasteiger partial charge in [0.1, 0.15) is 0 Å². The number of carbonyl (C=O) groups is 1. The van der Waals surface area contributed by atoms with E-state index in [1.54, 1.807) is 0 Å². The second kappa shape index (κ2) is 5.00. The second-order valence-electron chi connectivity index (χ2n) is 4.49. The molecular formula is C13H16BrNO. The third kappa shape index (κ3) is 3.34. The molecule has 1 aliphatic rings. The molecule has 0 spiro atoms. The van der Waals surface area contributed by atoms with Crippen molar-refractivity contribution in [2.45, 2.75) is 32.2 Å². The van der Waals surface area contributed by atoms with Gasteiger partial charge >= 0.3 is 0 Å². The molecule has 1 aromatic rings. The van der Waals surface area contributed by atoms with E-state index in [1.165, 1.54) is 12.8 Å². The molecule has 0 saturated heterocycles. The Hall–Kier alpha value is -0.830. The van der Waals surface area contributed by atoms with Crippen molar-refractivity contribution in [3.63, 3.8) is 0 Å². The van der Waals surface area contributed by atoms with E-state index >= 15 is 0 Å². The molecule has 0 radical (unpaired) electrons. The number of hydrogen-bond acceptors (Lipinski definition) is 1. The van der Waals surface area contributed by atoms with Crippen molar-refractivity contribution in [2.24, 2.45) is 5.92 Å². The molecule has 1 amide bonds. The zero-order chi connectivity index (χ0) is 11.5. The van der Waals surface area contributed by atoms with Crippen LogP contribution in [0.2, 0.25) is 0 Å². The Balaban J connectivity index is 1.88. The van der Waals surface area contributed by atoms with Crippen LogP contribution >= 0.6 is 15.9 Å². The lowest BCUT2D eigenvalue weighted by Gasteiger charge is -2.14. The average Bonchev–Trinajstić information content (AvgIpc) is 3.02. The lowest BCUT2D eigenvalue weighted by molar-refractivity contribution is -0.122. The van der Waals surface area contributed by atoms with Crippen LogP contribution < -0.4 is 5.32 Å².